The van der Waals surface area contributed by atoms with Crippen LogP contribution < -0.4 is 0 Å². The molecule has 0 aromatic heterocycles. The summed E-state index contributed by atoms with van der Waals surface area (Å²) in [6.45, 7) is 5.72. The van der Waals surface area contributed by atoms with E-state index in [9.17, 15) is 4.79 Å². The summed E-state index contributed by atoms with van der Waals surface area (Å²) in [5.74, 6) is 1.12. The van der Waals surface area contributed by atoms with Gasteiger partial charge in [-0.3, -0.25) is 14.6 Å². The number of nitrogens with zero attached hydrogens (tertiary/aromatic N) is 2. The Labute approximate surface area is 212 Å². The minimum atomic E-state index is -0.650. The minimum absolute atomic E-state index is 0.114. The van der Waals surface area contributed by atoms with Crippen LogP contribution in [-0.4, -0.2) is 54.6 Å². The van der Waals surface area contributed by atoms with Crippen molar-refractivity contribution in [1.82, 2.24) is 9.80 Å². The summed E-state index contributed by atoms with van der Waals surface area (Å²) in [7, 11) is 0. The van der Waals surface area contributed by atoms with Gasteiger partial charge in [0, 0.05) is 38.2 Å². The van der Waals surface area contributed by atoms with Crippen molar-refractivity contribution in [2.45, 2.75) is 31.3 Å². The second-order valence-electron chi connectivity index (χ2n) is 10.1. The zero-order valence-corrected chi connectivity index (χ0v) is 20.7. The minimum Gasteiger partial charge on any atom is -0.462 e. The molecule has 0 amide bonds. The van der Waals surface area contributed by atoms with Crippen LogP contribution in [0.5, 0.6) is 0 Å². The zero-order chi connectivity index (χ0) is 24.5. The molecule has 36 heavy (non-hydrogen) atoms. The van der Waals surface area contributed by atoms with Crippen molar-refractivity contribution in [2.75, 3.05) is 33.0 Å². The van der Waals surface area contributed by atoms with Crippen molar-refractivity contribution in [3.8, 4) is 0 Å². The van der Waals surface area contributed by atoms with E-state index in [0.29, 0.717) is 0 Å². The monoisotopic (exact) mass is 480 g/mol. The topological polar surface area (TPSA) is 42.0 Å². The fraction of sp³-hybridized carbons (Fsp3) is 0.323. The molecule has 2 atom stereocenters. The van der Waals surface area contributed by atoms with Crippen LogP contribution in [0.2, 0.25) is 0 Å². The van der Waals surface area contributed by atoms with Gasteiger partial charge in [-0.1, -0.05) is 84.4 Å². The summed E-state index contributed by atoms with van der Waals surface area (Å²) in [4.78, 5) is 19.0. The number of ether oxygens (including phenoxy) is 2. The Hall–Kier alpha value is -3.41. The molecule has 5 heteroatoms. The van der Waals surface area contributed by atoms with Gasteiger partial charge in [0.2, 0.25) is 6.79 Å². The predicted molar refractivity (Wildman–Crippen MR) is 140 cm³/mol. The van der Waals surface area contributed by atoms with Crippen LogP contribution in [0, 0.1) is 6.92 Å². The summed E-state index contributed by atoms with van der Waals surface area (Å²) < 4.78 is 11.3. The molecule has 1 aliphatic carbocycles. The lowest BCUT2D eigenvalue weighted by Crippen LogP contribution is -2.60. The van der Waals surface area contributed by atoms with Crippen molar-refractivity contribution in [3.63, 3.8) is 0 Å². The maximum absolute atomic E-state index is 14.1. The third-order valence-corrected chi connectivity index (χ3v) is 7.97. The van der Waals surface area contributed by atoms with Crippen molar-refractivity contribution in [1.29, 1.82) is 0 Å². The summed E-state index contributed by atoms with van der Waals surface area (Å²) in [5.41, 5.74) is 4.93. The Morgan fingerprint density at radius 3 is 2.42 bits per heavy atom. The van der Waals surface area contributed by atoms with Crippen molar-refractivity contribution >= 4 is 5.78 Å². The van der Waals surface area contributed by atoms with E-state index in [1.165, 1.54) is 11.1 Å². The van der Waals surface area contributed by atoms with Crippen LogP contribution in [0.4, 0.5) is 0 Å². The number of aryl methyl sites for hydroxylation is 1. The number of benzene rings is 3. The van der Waals surface area contributed by atoms with Gasteiger partial charge in [0.25, 0.3) is 0 Å². The molecular formula is C31H32N2O3. The summed E-state index contributed by atoms with van der Waals surface area (Å²) in [6.07, 6.45) is 3.36. The Kier molecular flexibility index (Phi) is 6.12. The first-order valence-electron chi connectivity index (χ1n) is 12.8. The van der Waals surface area contributed by atoms with E-state index in [4.69, 9.17) is 9.47 Å². The first kappa shape index (κ1) is 23.0. The van der Waals surface area contributed by atoms with E-state index in [1.807, 2.05) is 24.3 Å². The number of fused-ring (bicyclic) bond motifs is 1. The molecule has 0 saturated carbocycles. The molecule has 3 aromatic rings. The van der Waals surface area contributed by atoms with Gasteiger partial charge in [0.1, 0.15) is 11.8 Å². The smallest absolute Gasteiger partial charge is 0.229 e. The van der Waals surface area contributed by atoms with Crippen molar-refractivity contribution < 1.29 is 14.3 Å². The van der Waals surface area contributed by atoms with Gasteiger partial charge >= 0.3 is 0 Å². The number of ketones is 1. The Balaban J connectivity index is 1.28. The maximum atomic E-state index is 14.1. The van der Waals surface area contributed by atoms with Gasteiger partial charge in [0.15, 0.2) is 11.5 Å². The first-order chi connectivity index (χ1) is 17.6. The fourth-order valence-corrected chi connectivity index (χ4v) is 6.14. The number of hydrogen-bond acceptors (Lipinski definition) is 5. The van der Waals surface area contributed by atoms with Crippen LogP contribution in [0.3, 0.4) is 0 Å². The van der Waals surface area contributed by atoms with Crippen LogP contribution >= 0.6 is 0 Å². The highest BCUT2D eigenvalue weighted by Gasteiger charge is 2.51. The summed E-state index contributed by atoms with van der Waals surface area (Å²) >= 11 is 0. The lowest BCUT2D eigenvalue weighted by Gasteiger charge is -2.47. The average Bonchev–Trinajstić information content (AvgIpc) is 3.56. The fourth-order valence-electron chi connectivity index (χ4n) is 6.14. The van der Waals surface area contributed by atoms with Gasteiger partial charge in [0.05, 0.1) is 6.04 Å². The lowest BCUT2D eigenvalue weighted by atomic mass is 9.82. The molecule has 2 heterocycles. The molecule has 3 aromatic carbocycles. The quantitative estimate of drug-likeness (QED) is 0.512. The molecule has 3 aliphatic rings. The molecule has 0 N–H and O–H groups in total. The predicted octanol–water partition coefficient (Wildman–Crippen LogP) is 4.70. The number of rotatable bonds is 6. The maximum Gasteiger partial charge on any atom is 0.229 e. The van der Waals surface area contributed by atoms with E-state index in [2.05, 4.69) is 71.3 Å². The van der Waals surface area contributed by atoms with E-state index in [1.54, 1.807) is 6.26 Å². The summed E-state index contributed by atoms with van der Waals surface area (Å²) in [5, 5.41) is 0. The Morgan fingerprint density at radius 2 is 1.69 bits per heavy atom. The van der Waals surface area contributed by atoms with E-state index in [-0.39, 0.29) is 18.6 Å². The molecule has 6 rings (SSSR count). The SMILES string of the molecule is Cc1cccc(C2(N3CCN(C(Cc4ccccc4)C4=COCO4)CC3)Cc3ccccc3C2=O)c1. The van der Waals surface area contributed by atoms with Gasteiger partial charge in [-0.2, -0.15) is 0 Å². The van der Waals surface area contributed by atoms with E-state index < -0.39 is 5.54 Å². The van der Waals surface area contributed by atoms with Gasteiger partial charge in [-0.25, -0.2) is 0 Å². The van der Waals surface area contributed by atoms with Gasteiger partial charge < -0.3 is 9.47 Å². The molecule has 2 unspecified atom stereocenters. The molecule has 0 spiro atoms. The molecule has 184 valence electrons. The second kappa shape index (κ2) is 9.57. The van der Waals surface area contributed by atoms with E-state index >= 15 is 0 Å². The number of Topliss-reactive ketones (excluding diaryl/α,β-unsaturated/α-hetero) is 1. The largest absolute Gasteiger partial charge is 0.462 e. The number of piperazine rings is 1. The van der Waals surface area contributed by atoms with Gasteiger partial charge in [-0.05, 0) is 30.0 Å². The highest BCUT2D eigenvalue weighted by molar-refractivity contribution is 6.08. The molecule has 2 aliphatic heterocycles. The van der Waals surface area contributed by atoms with Crippen LogP contribution in [0.1, 0.15) is 32.6 Å². The highest BCUT2D eigenvalue weighted by atomic mass is 16.7. The second-order valence-corrected chi connectivity index (χ2v) is 10.1. The third-order valence-electron chi connectivity index (χ3n) is 7.97. The zero-order valence-electron chi connectivity index (χ0n) is 20.7. The summed E-state index contributed by atoms with van der Waals surface area (Å²) in [6, 6.07) is 27.3. The molecular weight excluding hydrogens is 448 g/mol. The number of carbonyl (C=O) groups excluding carboxylic acids is 1. The molecule has 1 fully saturated rings. The molecule has 5 nitrogen and oxygen atoms in total. The molecule has 0 bridgehead atoms. The highest BCUT2D eigenvalue weighted by Crippen LogP contribution is 2.43. The Morgan fingerprint density at radius 1 is 0.917 bits per heavy atom. The normalized spacial score (nSPS) is 23.0. The van der Waals surface area contributed by atoms with Crippen molar-refractivity contribution in [2.24, 2.45) is 0 Å². The van der Waals surface area contributed by atoms with Crippen molar-refractivity contribution in [3.05, 3.63) is 119 Å². The molecule has 0 radical (unpaired) electrons. The van der Waals surface area contributed by atoms with Crippen LogP contribution in [-0.2, 0) is 27.9 Å². The van der Waals surface area contributed by atoms with E-state index in [0.717, 1.165) is 61.5 Å². The standard InChI is InChI=1S/C31H32N2O3/c1-23-8-7-12-26(18-23)31(20-25-11-5-6-13-27(25)30(31)34)33-16-14-32(15-17-33)28(29-21-35-22-36-29)19-24-9-3-2-4-10-24/h2-13,18,21,28H,14-17,19-20,22H2,1H3. The first-order valence-corrected chi connectivity index (χ1v) is 12.8. The third kappa shape index (κ3) is 4.02. The van der Waals surface area contributed by atoms with Crippen LogP contribution in [0.15, 0.2) is 90.9 Å². The Bertz CT molecular complexity index is 1280. The molecule has 1 saturated heterocycles. The number of hydrogen-bond donors (Lipinski definition) is 0. The lowest BCUT2D eigenvalue weighted by molar-refractivity contribution is 0.0116. The van der Waals surface area contributed by atoms with Crippen LogP contribution in [0.25, 0.3) is 0 Å². The number of carbonyl (C=O) groups is 1. The van der Waals surface area contributed by atoms with Gasteiger partial charge in [-0.15, -0.1) is 0 Å². The average molecular weight is 481 g/mol.